The number of allylic oxidation sites excluding steroid dienone is 2. The molecule has 6 fully saturated rings. The Morgan fingerprint density at radius 3 is 1.35 bits per heavy atom. The standard InChI is InChI=1S/C36H49N5O7.C32H42N4O8.C4H9N/c1-35(2,3)48-33(45)38-28-14-8-6-4-5-7-13-26-18-36(26,32(44)37-19-23-15-16-23)39-30(42)29-17-27(22-41(29)31(28)43)47-34(46)40-20-24-11-9-10-12-25(24)21-40;1-31(2,3)44-29(41)33-24-14-8-6-4-5-7-13-22-16-32(22,28(39)40)34-26(37)25-15-23(19-36(25)27(24)38)43-30(42)35-17-20-11-9-10-12-21(20)18-35;5-3-4-1-2-4/h7,9-13,23,26-29H,4-6,8,14-22H2,1-3H3,(H,37,44)(H,38,45)(H,39,42);7,9-13,22-25H,4-6,8,14-19H2,1-3H3,(H,33,41)(H,34,37)(H,39,40);4H,1-3,5H2/b2*13-7-;/t26-,27-,28+,29?,36-;22-,23-,24+,25?,32-;/m11./s1. The first-order chi connectivity index (χ1) is 46.2. The van der Waals surface area contributed by atoms with E-state index in [2.05, 4.69) is 32.7 Å². The summed E-state index contributed by atoms with van der Waals surface area (Å²) in [6.45, 7) is 13.5. The Morgan fingerprint density at radius 1 is 0.567 bits per heavy atom. The number of rotatable bonds is 9. The number of aliphatic carboxylic acids is 1. The number of alkyl carbamates (subject to hydrolysis) is 2. The number of hydrogen-bond acceptors (Lipinski definition) is 15. The summed E-state index contributed by atoms with van der Waals surface area (Å²) < 4.78 is 22.7. The summed E-state index contributed by atoms with van der Waals surface area (Å²) in [6.07, 6.45) is 16.4. The number of nitrogens with two attached hydrogens (primary N) is 1. The Morgan fingerprint density at radius 2 is 0.969 bits per heavy atom. The van der Waals surface area contributed by atoms with Crippen LogP contribution >= 0.6 is 0 Å². The van der Waals surface area contributed by atoms with Crippen molar-refractivity contribution in [1.29, 1.82) is 0 Å². The average molecular weight is 1350 g/mol. The monoisotopic (exact) mass is 1340 g/mol. The van der Waals surface area contributed by atoms with Gasteiger partial charge in [-0.25, -0.2) is 24.0 Å². The third-order valence-electron chi connectivity index (χ3n) is 19.7. The smallest absolute Gasteiger partial charge is 0.410 e. The van der Waals surface area contributed by atoms with Gasteiger partial charge in [0.25, 0.3) is 0 Å². The van der Waals surface area contributed by atoms with E-state index in [0.29, 0.717) is 70.7 Å². The van der Waals surface area contributed by atoms with E-state index in [0.717, 1.165) is 86.1 Å². The summed E-state index contributed by atoms with van der Waals surface area (Å²) in [7, 11) is 0. The van der Waals surface area contributed by atoms with Crippen LogP contribution in [0.25, 0.3) is 0 Å². The maximum Gasteiger partial charge on any atom is 0.410 e. The van der Waals surface area contributed by atoms with Crippen LogP contribution in [0.3, 0.4) is 0 Å². The molecule has 0 bridgehead atoms. The number of carbonyl (C=O) groups is 10. The maximum absolute atomic E-state index is 14.3. The molecule has 10 aliphatic rings. The van der Waals surface area contributed by atoms with Gasteiger partial charge in [-0.15, -0.1) is 0 Å². The van der Waals surface area contributed by atoms with Crippen LogP contribution in [-0.2, 0) is 73.9 Å². The fourth-order valence-corrected chi connectivity index (χ4v) is 13.6. The second-order valence-corrected chi connectivity index (χ2v) is 30.0. The zero-order valence-electron chi connectivity index (χ0n) is 57.1. The molecule has 0 spiro atoms. The normalized spacial score (nSPS) is 29.3. The van der Waals surface area contributed by atoms with Crippen LogP contribution in [0.1, 0.15) is 179 Å². The highest BCUT2D eigenvalue weighted by atomic mass is 16.6. The van der Waals surface area contributed by atoms with Gasteiger partial charge in [0.05, 0.1) is 13.1 Å². The molecule has 6 heterocycles. The molecule has 8 N–H and O–H groups in total. The van der Waals surface area contributed by atoms with Gasteiger partial charge >= 0.3 is 30.3 Å². The van der Waals surface area contributed by atoms with Crippen LogP contribution in [0.2, 0.25) is 0 Å². The molecule has 25 heteroatoms. The molecule has 0 aromatic heterocycles. The molecule has 528 valence electrons. The summed E-state index contributed by atoms with van der Waals surface area (Å²) in [4.78, 5) is 140. The molecule has 0 radical (unpaired) electrons. The molecule has 10 atom stereocenters. The quantitative estimate of drug-likeness (QED) is 0.0931. The van der Waals surface area contributed by atoms with E-state index in [4.69, 9.17) is 24.7 Å². The SMILES string of the molecule is CC(C)(C)OC(=O)N[C@H]1CCCCC/C=C\[C@@H]2C[C@@]2(C(=O)NCC2CC2)NC(=O)C2C[C@@H](OC(=O)N3Cc4ccccc4C3)CN2C1=O.CC(C)(C)OC(=O)N[C@H]1CCCCC/C=C\[C@@H]2C[C@@]2(C(=O)O)NC(=O)C2C[C@@H](OC(=O)N3Cc4ccccc4C3)CN2C1=O.NCC1CC1. The second-order valence-electron chi connectivity index (χ2n) is 30.0. The highest BCUT2D eigenvalue weighted by Gasteiger charge is 2.63. The van der Waals surface area contributed by atoms with Crippen molar-refractivity contribution in [1.82, 2.24) is 46.2 Å². The van der Waals surface area contributed by atoms with Crippen LogP contribution in [0.4, 0.5) is 19.2 Å². The number of nitrogens with one attached hydrogen (secondary N) is 5. The van der Waals surface area contributed by atoms with Gasteiger partial charge in [-0.05, 0) is 159 Å². The topological polar surface area (TPSA) is 327 Å². The van der Waals surface area contributed by atoms with Crippen molar-refractivity contribution in [2.45, 2.75) is 242 Å². The lowest BCUT2D eigenvalue weighted by molar-refractivity contribution is -0.145. The van der Waals surface area contributed by atoms with E-state index in [-0.39, 0.29) is 50.1 Å². The second kappa shape index (κ2) is 30.7. The Kier molecular flexibility index (Phi) is 22.6. The number of carboxylic acids is 1. The molecule has 6 aliphatic heterocycles. The fraction of sp³-hybridized carbons (Fsp3) is 0.639. The molecule has 2 unspecified atom stereocenters. The van der Waals surface area contributed by atoms with E-state index in [1.54, 1.807) is 51.3 Å². The Hall–Kier alpha value is -8.22. The lowest BCUT2D eigenvalue weighted by atomic mass is 10.0. The van der Waals surface area contributed by atoms with Gasteiger partial charge in [0.2, 0.25) is 29.5 Å². The van der Waals surface area contributed by atoms with Crippen molar-refractivity contribution in [2.24, 2.45) is 29.4 Å². The minimum Gasteiger partial charge on any atom is -0.479 e. The third kappa shape index (κ3) is 18.9. The molecule has 12 rings (SSSR count). The van der Waals surface area contributed by atoms with E-state index in [1.807, 2.05) is 66.8 Å². The van der Waals surface area contributed by atoms with Crippen molar-refractivity contribution in [3.8, 4) is 0 Å². The Balaban J connectivity index is 0.000000197. The number of benzene rings is 2. The van der Waals surface area contributed by atoms with Crippen LogP contribution < -0.4 is 32.3 Å². The van der Waals surface area contributed by atoms with E-state index < -0.39 is 113 Å². The van der Waals surface area contributed by atoms with Crippen molar-refractivity contribution >= 4 is 59.9 Å². The van der Waals surface area contributed by atoms with Crippen LogP contribution in [-0.4, -0.2) is 169 Å². The Bertz CT molecular complexity index is 3270. The summed E-state index contributed by atoms with van der Waals surface area (Å²) in [5, 5.41) is 24.3. The first-order valence-corrected chi connectivity index (χ1v) is 35.0. The van der Waals surface area contributed by atoms with E-state index >= 15 is 0 Å². The fourth-order valence-electron chi connectivity index (χ4n) is 13.6. The first-order valence-electron chi connectivity index (χ1n) is 35.0. The van der Waals surface area contributed by atoms with Crippen LogP contribution in [0.15, 0.2) is 72.8 Å². The number of nitrogens with zero attached hydrogens (tertiary/aromatic N) is 4. The zero-order chi connectivity index (χ0) is 69.4. The van der Waals surface area contributed by atoms with Gasteiger partial charge in [-0.1, -0.05) is 98.5 Å². The van der Waals surface area contributed by atoms with Gasteiger partial charge in [0.15, 0.2) is 0 Å². The molecule has 4 saturated carbocycles. The minimum atomic E-state index is -1.45. The number of ether oxygens (including phenoxy) is 4. The van der Waals surface area contributed by atoms with E-state index in [9.17, 15) is 53.1 Å². The summed E-state index contributed by atoms with van der Waals surface area (Å²) >= 11 is 0. The highest BCUT2D eigenvalue weighted by Crippen LogP contribution is 2.47. The predicted octanol–water partition coefficient (Wildman–Crippen LogP) is 7.76. The third-order valence-corrected chi connectivity index (χ3v) is 19.7. The molecule has 4 aliphatic carbocycles. The molecular formula is C72H100N10O15. The van der Waals surface area contributed by atoms with Crippen LogP contribution in [0.5, 0.6) is 0 Å². The number of carbonyl (C=O) groups excluding carboxylic acids is 9. The minimum absolute atomic E-state index is 0.000531. The number of fused-ring (bicyclic) bond motifs is 6. The highest BCUT2D eigenvalue weighted by molar-refractivity contribution is 5.99. The maximum atomic E-state index is 14.3. The Labute approximate surface area is 568 Å². The van der Waals surface area contributed by atoms with Gasteiger partial charge in [0.1, 0.15) is 58.7 Å². The molecule has 2 aromatic carbocycles. The van der Waals surface area contributed by atoms with Crippen molar-refractivity contribution < 1.29 is 72.0 Å². The van der Waals surface area contributed by atoms with Crippen molar-refractivity contribution in [3.05, 3.63) is 95.1 Å². The number of carboxylic acid groups (broad SMARTS) is 1. The van der Waals surface area contributed by atoms with Crippen LogP contribution in [0, 0.1) is 23.7 Å². The molecule has 2 saturated heterocycles. The number of amides is 9. The predicted molar refractivity (Wildman–Crippen MR) is 356 cm³/mol. The summed E-state index contributed by atoms with van der Waals surface area (Å²) in [6, 6.07) is 11.5. The molecule has 97 heavy (non-hydrogen) atoms. The molecule has 2 aromatic rings. The number of hydrogen-bond donors (Lipinski definition) is 7. The molecule has 25 nitrogen and oxygen atoms in total. The van der Waals surface area contributed by atoms with Crippen molar-refractivity contribution in [3.63, 3.8) is 0 Å². The summed E-state index contributed by atoms with van der Waals surface area (Å²) in [5.41, 5.74) is 5.30. The molecule has 9 amide bonds. The molecular weight excluding hydrogens is 1240 g/mol. The lowest BCUT2D eigenvalue weighted by Gasteiger charge is -2.30. The van der Waals surface area contributed by atoms with Gasteiger partial charge in [-0.2, -0.15) is 0 Å². The van der Waals surface area contributed by atoms with Gasteiger partial charge in [-0.3, -0.25) is 33.8 Å². The summed E-state index contributed by atoms with van der Waals surface area (Å²) in [5.74, 6) is -2.51. The zero-order valence-corrected chi connectivity index (χ0v) is 57.1. The van der Waals surface area contributed by atoms with Crippen molar-refractivity contribution in [2.75, 3.05) is 26.2 Å². The average Bonchev–Trinajstić information content (AvgIpc) is 1.59. The van der Waals surface area contributed by atoms with Gasteiger partial charge < -0.3 is 66.2 Å². The van der Waals surface area contributed by atoms with E-state index in [1.165, 1.54) is 22.6 Å². The first kappa shape index (κ1) is 71.5. The largest absolute Gasteiger partial charge is 0.479 e. The van der Waals surface area contributed by atoms with Gasteiger partial charge in [0, 0.05) is 57.4 Å². The lowest BCUT2D eigenvalue weighted by Crippen LogP contribution is -2.58.